The average molecular weight is 281 g/mol. The smallest absolute Gasteiger partial charge is 0.0409 e. The standard InChI is InChI=1S/C16H25ClN2/c1-4-16(13-6-5-7-14(17)10-13)18-11-12(2)19(3)15-8-9-15/h5-7,10,12,15-16,18H,4,8-9,11H2,1-3H3. The normalized spacial score (nSPS) is 18.6. The second-order valence-corrected chi connectivity index (χ2v) is 6.11. The van der Waals surface area contributed by atoms with E-state index in [0.29, 0.717) is 12.1 Å². The van der Waals surface area contributed by atoms with Gasteiger partial charge in [-0.05, 0) is 50.9 Å². The Balaban J connectivity index is 1.88. The number of likely N-dealkylation sites (N-methyl/N-ethyl adjacent to an activating group) is 1. The molecule has 1 aromatic rings. The molecule has 2 unspecified atom stereocenters. The molecule has 1 aliphatic rings. The van der Waals surface area contributed by atoms with Crippen molar-refractivity contribution in [3.8, 4) is 0 Å². The van der Waals surface area contributed by atoms with E-state index < -0.39 is 0 Å². The van der Waals surface area contributed by atoms with Gasteiger partial charge in [-0.1, -0.05) is 30.7 Å². The van der Waals surface area contributed by atoms with Gasteiger partial charge in [-0.3, -0.25) is 4.90 Å². The first kappa shape index (κ1) is 14.8. The summed E-state index contributed by atoms with van der Waals surface area (Å²) < 4.78 is 0. The highest BCUT2D eigenvalue weighted by Crippen LogP contribution is 2.27. The summed E-state index contributed by atoms with van der Waals surface area (Å²) in [4.78, 5) is 2.50. The molecule has 1 aromatic carbocycles. The largest absolute Gasteiger partial charge is 0.308 e. The van der Waals surface area contributed by atoms with Crippen molar-refractivity contribution in [2.45, 2.75) is 51.2 Å². The Labute approximate surface area is 122 Å². The van der Waals surface area contributed by atoms with Gasteiger partial charge >= 0.3 is 0 Å². The zero-order valence-corrected chi connectivity index (χ0v) is 13.0. The first-order chi connectivity index (χ1) is 9.11. The molecular formula is C16H25ClN2. The van der Waals surface area contributed by atoms with Gasteiger partial charge in [-0.2, -0.15) is 0 Å². The maximum absolute atomic E-state index is 6.07. The lowest BCUT2D eigenvalue weighted by atomic mass is 10.0. The van der Waals surface area contributed by atoms with Crippen LogP contribution in [0, 0.1) is 0 Å². The Kier molecular flexibility index (Phi) is 5.26. The molecule has 0 bridgehead atoms. The van der Waals surface area contributed by atoms with E-state index in [1.165, 1.54) is 18.4 Å². The summed E-state index contributed by atoms with van der Waals surface area (Å²) in [5, 5.41) is 4.50. The predicted octanol–water partition coefficient (Wildman–Crippen LogP) is 3.86. The molecule has 0 radical (unpaired) electrons. The lowest BCUT2D eigenvalue weighted by molar-refractivity contribution is 0.235. The highest BCUT2D eigenvalue weighted by Gasteiger charge is 2.29. The maximum Gasteiger partial charge on any atom is 0.0409 e. The third-order valence-corrected chi connectivity index (χ3v) is 4.37. The fourth-order valence-electron chi connectivity index (χ4n) is 2.52. The van der Waals surface area contributed by atoms with Crippen LogP contribution in [0.3, 0.4) is 0 Å². The van der Waals surface area contributed by atoms with Crippen LogP contribution in [0.25, 0.3) is 0 Å². The van der Waals surface area contributed by atoms with E-state index >= 15 is 0 Å². The lowest BCUT2D eigenvalue weighted by Crippen LogP contribution is -2.40. The predicted molar refractivity (Wildman–Crippen MR) is 82.7 cm³/mol. The second-order valence-electron chi connectivity index (χ2n) is 5.67. The van der Waals surface area contributed by atoms with Crippen molar-refractivity contribution in [3.05, 3.63) is 34.9 Å². The number of nitrogens with zero attached hydrogens (tertiary/aromatic N) is 1. The van der Waals surface area contributed by atoms with Crippen molar-refractivity contribution < 1.29 is 0 Å². The van der Waals surface area contributed by atoms with Gasteiger partial charge in [0.25, 0.3) is 0 Å². The summed E-state index contributed by atoms with van der Waals surface area (Å²) in [5.41, 5.74) is 1.29. The van der Waals surface area contributed by atoms with Crippen LogP contribution in [0.1, 0.15) is 44.7 Å². The molecule has 2 nitrogen and oxygen atoms in total. The monoisotopic (exact) mass is 280 g/mol. The molecule has 0 aromatic heterocycles. The Morgan fingerprint density at radius 2 is 2.16 bits per heavy atom. The molecule has 1 N–H and O–H groups in total. The molecule has 106 valence electrons. The molecule has 2 atom stereocenters. The van der Waals surface area contributed by atoms with Crippen molar-refractivity contribution >= 4 is 11.6 Å². The summed E-state index contributed by atoms with van der Waals surface area (Å²) in [6.07, 6.45) is 3.82. The fourth-order valence-corrected chi connectivity index (χ4v) is 2.72. The summed E-state index contributed by atoms with van der Waals surface area (Å²) >= 11 is 6.07. The van der Waals surface area contributed by atoms with Gasteiger partial charge < -0.3 is 5.32 Å². The topological polar surface area (TPSA) is 15.3 Å². The number of hydrogen-bond acceptors (Lipinski definition) is 2. The van der Waals surface area contributed by atoms with Gasteiger partial charge in [0.15, 0.2) is 0 Å². The minimum atomic E-state index is 0.397. The van der Waals surface area contributed by atoms with Crippen LogP contribution in [0.5, 0.6) is 0 Å². The van der Waals surface area contributed by atoms with Crippen LogP contribution in [0.15, 0.2) is 24.3 Å². The number of nitrogens with one attached hydrogen (secondary N) is 1. The molecule has 3 heteroatoms. The molecule has 0 amide bonds. The minimum absolute atomic E-state index is 0.397. The van der Waals surface area contributed by atoms with Crippen molar-refractivity contribution in [2.24, 2.45) is 0 Å². The Hall–Kier alpha value is -0.570. The summed E-state index contributed by atoms with van der Waals surface area (Å²) in [6, 6.07) is 9.99. The van der Waals surface area contributed by atoms with Crippen molar-refractivity contribution in [1.82, 2.24) is 10.2 Å². The maximum atomic E-state index is 6.07. The molecule has 0 heterocycles. The van der Waals surface area contributed by atoms with Gasteiger partial charge in [0, 0.05) is 29.7 Å². The van der Waals surface area contributed by atoms with Crippen LogP contribution in [-0.2, 0) is 0 Å². The average Bonchev–Trinajstić information content (AvgIpc) is 3.22. The molecule has 1 aliphatic carbocycles. The molecule has 1 fully saturated rings. The van der Waals surface area contributed by atoms with Crippen LogP contribution < -0.4 is 5.32 Å². The van der Waals surface area contributed by atoms with E-state index in [1.807, 2.05) is 12.1 Å². The highest BCUT2D eigenvalue weighted by atomic mass is 35.5. The third-order valence-electron chi connectivity index (χ3n) is 4.14. The van der Waals surface area contributed by atoms with Crippen LogP contribution in [-0.4, -0.2) is 30.6 Å². The Bertz CT molecular complexity index is 403. The summed E-state index contributed by atoms with van der Waals surface area (Å²) in [5.74, 6) is 0. The van der Waals surface area contributed by atoms with Gasteiger partial charge in [0.1, 0.15) is 0 Å². The summed E-state index contributed by atoms with van der Waals surface area (Å²) in [7, 11) is 2.24. The number of rotatable bonds is 7. The van der Waals surface area contributed by atoms with Gasteiger partial charge in [-0.25, -0.2) is 0 Å². The molecule has 2 rings (SSSR count). The number of halogens is 1. The lowest BCUT2D eigenvalue weighted by Gasteiger charge is -2.27. The van der Waals surface area contributed by atoms with Gasteiger partial charge in [-0.15, -0.1) is 0 Å². The Morgan fingerprint density at radius 1 is 1.42 bits per heavy atom. The third kappa shape index (κ3) is 4.20. The minimum Gasteiger partial charge on any atom is -0.308 e. The zero-order valence-electron chi connectivity index (χ0n) is 12.2. The van der Waals surface area contributed by atoms with Crippen LogP contribution >= 0.6 is 11.6 Å². The van der Waals surface area contributed by atoms with E-state index in [-0.39, 0.29) is 0 Å². The van der Waals surface area contributed by atoms with Crippen molar-refractivity contribution in [3.63, 3.8) is 0 Å². The first-order valence-corrected chi connectivity index (χ1v) is 7.70. The molecule has 19 heavy (non-hydrogen) atoms. The van der Waals surface area contributed by atoms with E-state index in [4.69, 9.17) is 11.6 Å². The van der Waals surface area contributed by atoms with Crippen LogP contribution in [0.2, 0.25) is 5.02 Å². The fraction of sp³-hybridized carbons (Fsp3) is 0.625. The van der Waals surface area contributed by atoms with Gasteiger partial charge in [0.2, 0.25) is 0 Å². The number of benzene rings is 1. The second kappa shape index (κ2) is 6.74. The molecule has 1 saturated carbocycles. The molecule has 0 spiro atoms. The van der Waals surface area contributed by atoms with E-state index in [2.05, 4.69) is 43.2 Å². The van der Waals surface area contributed by atoms with E-state index in [1.54, 1.807) is 0 Å². The highest BCUT2D eigenvalue weighted by molar-refractivity contribution is 6.30. The quantitative estimate of drug-likeness (QED) is 0.816. The molecule has 0 saturated heterocycles. The Morgan fingerprint density at radius 3 is 2.74 bits per heavy atom. The molecular weight excluding hydrogens is 256 g/mol. The molecule has 0 aliphatic heterocycles. The van der Waals surface area contributed by atoms with Crippen LogP contribution in [0.4, 0.5) is 0 Å². The van der Waals surface area contributed by atoms with E-state index in [0.717, 1.165) is 24.0 Å². The van der Waals surface area contributed by atoms with Crippen molar-refractivity contribution in [1.29, 1.82) is 0 Å². The van der Waals surface area contributed by atoms with E-state index in [9.17, 15) is 0 Å². The zero-order chi connectivity index (χ0) is 13.8. The SMILES string of the molecule is CCC(NCC(C)N(C)C1CC1)c1cccc(Cl)c1. The summed E-state index contributed by atoms with van der Waals surface area (Å²) in [6.45, 7) is 5.54. The number of hydrogen-bond donors (Lipinski definition) is 1. The van der Waals surface area contributed by atoms with Gasteiger partial charge in [0.05, 0.1) is 0 Å². The first-order valence-electron chi connectivity index (χ1n) is 7.32. The van der Waals surface area contributed by atoms with Crippen molar-refractivity contribution in [2.75, 3.05) is 13.6 Å².